The number of nitrogens with one attached hydrogen (secondary N) is 1. The van der Waals surface area contributed by atoms with Crippen molar-refractivity contribution in [3.8, 4) is 5.69 Å². The van der Waals surface area contributed by atoms with Crippen molar-refractivity contribution < 1.29 is 4.79 Å². The summed E-state index contributed by atoms with van der Waals surface area (Å²) in [7, 11) is 0. The molecule has 0 saturated carbocycles. The zero-order valence-corrected chi connectivity index (χ0v) is 13.9. The minimum atomic E-state index is -0.280. The second-order valence-electron chi connectivity index (χ2n) is 5.28. The summed E-state index contributed by atoms with van der Waals surface area (Å²) >= 11 is 5.81. The Balaban J connectivity index is 1.76. The van der Waals surface area contributed by atoms with E-state index in [0.717, 1.165) is 17.1 Å². The predicted octanol–water partition coefficient (Wildman–Crippen LogP) is 4.20. The van der Waals surface area contributed by atoms with Crippen LogP contribution in [0, 0.1) is 6.92 Å². The van der Waals surface area contributed by atoms with Gasteiger partial charge in [-0.25, -0.2) is 5.43 Å². The van der Waals surface area contributed by atoms with Crippen LogP contribution >= 0.6 is 11.6 Å². The molecule has 0 aliphatic carbocycles. The molecule has 0 aliphatic heterocycles. The molecule has 5 heteroatoms. The molecule has 120 valence electrons. The van der Waals surface area contributed by atoms with E-state index in [1.165, 1.54) is 0 Å². The van der Waals surface area contributed by atoms with Crippen LogP contribution in [0.1, 0.15) is 21.7 Å². The smallest absolute Gasteiger partial charge is 0.271 e. The van der Waals surface area contributed by atoms with Crippen LogP contribution in [0.25, 0.3) is 5.69 Å². The van der Waals surface area contributed by atoms with Crippen molar-refractivity contribution in [1.82, 2.24) is 9.99 Å². The molecule has 4 nitrogen and oxygen atoms in total. The number of hydrogen-bond donors (Lipinski definition) is 1. The van der Waals surface area contributed by atoms with Crippen molar-refractivity contribution in [2.45, 2.75) is 6.92 Å². The molecule has 0 bridgehead atoms. The van der Waals surface area contributed by atoms with E-state index in [4.69, 9.17) is 11.6 Å². The molecule has 1 N–H and O–H groups in total. The fourth-order valence-electron chi connectivity index (χ4n) is 2.41. The Morgan fingerprint density at radius 2 is 1.75 bits per heavy atom. The maximum atomic E-state index is 12.0. The van der Waals surface area contributed by atoms with Gasteiger partial charge in [-0.3, -0.25) is 4.79 Å². The van der Waals surface area contributed by atoms with Crippen molar-refractivity contribution in [2.75, 3.05) is 0 Å². The lowest BCUT2D eigenvalue weighted by molar-refractivity contribution is 0.0955. The maximum Gasteiger partial charge on any atom is 0.271 e. The molecule has 0 saturated heterocycles. The van der Waals surface area contributed by atoms with E-state index in [9.17, 15) is 4.79 Å². The highest BCUT2D eigenvalue weighted by molar-refractivity contribution is 6.30. The molecule has 0 aliphatic rings. The number of amides is 1. The highest BCUT2D eigenvalue weighted by atomic mass is 35.5. The third-order valence-corrected chi connectivity index (χ3v) is 3.84. The van der Waals surface area contributed by atoms with Gasteiger partial charge in [-0.15, -0.1) is 0 Å². The van der Waals surface area contributed by atoms with Crippen molar-refractivity contribution >= 4 is 23.7 Å². The van der Waals surface area contributed by atoms with Gasteiger partial charge < -0.3 is 4.57 Å². The van der Waals surface area contributed by atoms with Gasteiger partial charge in [0.15, 0.2) is 0 Å². The molecule has 3 aromatic rings. The van der Waals surface area contributed by atoms with Gasteiger partial charge in [-0.2, -0.15) is 5.10 Å². The Labute approximate surface area is 145 Å². The molecule has 0 radical (unpaired) electrons. The Hall–Kier alpha value is -2.85. The normalized spacial score (nSPS) is 10.9. The largest absolute Gasteiger partial charge is 0.313 e. The minimum absolute atomic E-state index is 0.280. The summed E-state index contributed by atoms with van der Waals surface area (Å²) in [6.45, 7) is 2.02. The number of benzene rings is 2. The van der Waals surface area contributed by atoms with Crippen LogP contribution in [0.5, 0.6) is 0 Å². The molecule has 0 unspecified atom stereocenters. The van der Waals surface area contributed by atoms with Crippen molar-refractivity contribution in [3.63, 3.8) is 0 Å². The average molecular weight is 338 g/mol. The third-order valence-electron chi connectivity index (χ3n) is 3.59. The van der Waals surface area contributed by atoms with Gasteiger partial charge >= 0.3 is 0 Å². The summed E-state index contributed by atoms with van der Waals surface area (Å²) in [4.78, 5) is 12.0. The summed E-state index contributed by atoms with van der Waals surface area (Å²) in [6, 6.07) is 20.6. The summed E-state index contributed by atoms with van der Waals surface area (Å²) in [5.74, 6) is -0.280. The lowest BCUT2D eigenvalue weighted by Gasteiger charge is -2.08. The molecule has 1 aromatic heterocycles. The van der Waals surface area contributed by atoms with Crippen LogP contribution in [0.15, 0.2) is 71.8 Å². The summed E-state index contributed by atoms with van der Waals surface area (Å²) in [6.07, 6.45) is 1.63. The lowest BCUT2D eigenvalue weighted by Crippen LogP contribution is -2.17. The van der Waals surface area contributed by atoms with Crippen molar-refractivity contribution in [3.05, 3.63) is 88.7 Å². The Kier molecular flexibility index (Phi) is 4.77. The monoisotopic (exact) mass is 337 g/mol. The standard InChI is InChI=1S/C19H16ClN3O/c1-14-7-12-18(23(14)17-5-3-2-4-6-17)13-21-22-19(24)15-8-10-16(20)11-9-15/h2-13H,1H3,(H,22,24)/b21-13+. The van der Waals surface area contributed by atoms with Crippen LogP contribution in [-0.4, -0.2) is 16.7 Å². The Bertz CT molecular complexity index is 867. The molecule has 0 fully saturated rings. The SMILES string of the molecule is Cc1ccc(/C=N/NC(=O)c2ccc(Cl)cc2)n1-c1ccccc1. The molecule has 1 heterocycles. The van der Waals surface area contributed by atoms with Crippen LogP contribution < -0.4 is 5.43 Å². The highest BCUT2D eigenvalue weighted by Gasteiger charge is 2.06. The molecule has 1 amide bonds. The summed E-state index contributed by atoms with van der Waals surface area (Å²) in [5.41, 5.74) is 6.06. The van der Waals surface area contributed by atoms with Gasteiger partial charge in [0.2, 0.25) is 0 Å². The summed E-state index contributed by atoms with van der Waals surface area (Å²) < 4.78 is 2.07. The van der Waals surface area contributed by atoms with Crippen LogP contribution in [-0.2, 0) is 0 Å². The molecule has 2 aromatic carbocycles. The average Bonchev–Trinajstić information content (AvgIpc) is 2.97. The number of nitrogens with zero attached hydrogens (tertiary/aromatic N) is 2. The van der Waals surface area contributed by atoms with Crippen molar-refractivity contribution in [2.24, 2.45) is 5.10 Å². The van der Waals surface area contributed by atoms with Gasteiger partial charge in [0.25, 0.3) is 5.91 Å². The second-order valence-corrected chi connectivity index (χ2v) is 5.71. The van der Waals surface area contributed by atoms with E-state index >= 15 is 0 Å². The van der Waals surface area contributed by atoms with E-state index < -0.39 is 0 Å². The predicted molar refractivity (Wildman–Crippen MR) is 97.0 cm³/mol. The first kappa shape index (κ1) is 16.0. The number of para-hydroxylation sites is 1. The highest BCUT2D eigenvalue weighted by Crippen LogP contribution is 2.15. The molecule has 0 atom stereocenters. The van der Waals surface area contributed by atoms with Gasteiger partial charge in [0.1, 0.15) is 0 Å². The number of carbonyl (C=O) groups excluding carboxylic acids is 1. The lowest BCUT2D eigenvalue weighted by atomic mass is 10.2. The zero-order chi connectivity index (χ0) is 16.9. The van der Waals surface area contributed by atoms with Crippen LogP contribution in [0.4, 0.5) is 0 Å². The molecule has 3 rings (SSSR count). The van der Waals surface area contributed by atoms with Crippen LogP contribution in [0.3, 0.4) is 0 Å². The van der Waals surface area contributed by atoms with Crippen LogP contribution in [0.2, 0.25) is 5.02 Å². The Morgan fingerprint density at radius 3 is 2.46 bits per heavy atom. The molecule has 0 spiro atoms. The summed E-state index contributed by atoms with van der Waals surface area (Å²) in [5, 5.41) is 4.65. The fourth-order valence-corrected chi connectivity index (χ4v) is 2.54. The number of hydrazone groups is 1. The van der Waals surface area contributed by atoms with Gasteiger partial charge in [0, 0.05) is 22.0 Å². The fraction of sp³-hybridized carbons (Fsp3) is 0.0526. The number of aromatic nitrogens is 1. The number of rotatable bonds is 4. The van der Waals surface area contributed by atoms with E-state index in [2.05, 4.69) is 15.1 Å². The topological polar surface area (TPSA) is 46.4 Å². The first-order valence-electron chi connectivity index (χ1n) is 7.48. The van der Waals surface area contributed by atoms with Gasteiger partial charge in [-0.1, -0.05) is 29.8 Å². The first-order valence-corrected chi connectivity index (χ1v) is 7.86. The van der Waals surface area contributed by atoms with E-state index in [-0.39, 0.29) is 5.91 Å². The maximum absolute atomic E-state index is 12.0. The quantitative estimate of drug-likeness (QED) is 0.562. The third kappa shape index (κ3) is 3.55. The number of halogens is 1. The second kappa shape index (κ2) is 7.15. The molecule has 24 heavy (non-hydrogen) atoms. The van der Waals surface area contributed by atoms with Crippen molar-refractivity contribution in [1.29, 1.82) is 0 Å². The zero-order valence-electron chi connectivity index (χ0n) is 13.1. The van der Waals surface area contributed by atoms with E-state index in [1.54, 1.807) is 30.5 Å². The number of hydrogen-bond acceptors (Lipinski definition) is 2. The van der Waals surface area contributed by atoms with E-state index in [0.29, 0.717) is 10.6 Å². The van der Waals surface area contributed by atoms with Gasteiger partial charge in [0.05, 0.1) is 11.9 Å². The Morgan fingerprint density at radius 1 is 1.04 bits per heavy atom. The molecular formula is C19H16ClN3O. The van der Waals surface area contributed by atoms with Gasteiger partial charge in [-0.05, 0) is 55.5 Å². The van der Waals surface area contributed by atoms with E-state index in [1.807, 2.05) is 49.4 Å². The molecular weight excluding hydrogens is 322 g/mol. The number of carbonyl (C=O) groups is 1. The minimum Gasteiger partial charge on any atom is -0.313 e. The first-order chi connectivity index (χ1) is 11.6. The number of aryl methyl sites for hydroxylation is 1.